The van der Waals surface area contributed by atoms with Crippen LogP contribution in [0.25, 0.3) is 0 Å². The van der Waals surface area contributed by atoms with Crippen molar-refractivity contribution in [3.8, 4) is 0 Å². The zero-order valence-electron chi connectivity index (χ0n) is 9.63. The van der Waals surface area contributed by atoms with Gasteiger partial charge in [0, 0.05) is 18.6 Å². The van der Waals surface area contributed by atoms with Gasteiger partial charge in [-0.25, -0.2) is 4.79 Å². The van der Waals surface area contributed by atoms with E-state index in [1.165, 1.54) is 11.5 Å². The zero-order valence-corrected chi connectivity index (χ0v) is 10.4. The van der Waals surface area contributed by atoms with Crippen LogP contribution in [0.3, 0.4) is 0 Å². The topological polar surface area (TPSA) is 53.2 Å². The Labute approximate surface area is 101 Å². The van der Waals surface area contributed by atoms with Gasteiger partial charge in [0.2, 0.25) is 0 Å². The van der Waals surface area contributed by atoms with Gasteiger partial charge in [0.05, 0.1) is 0 Å². The summed E-state index contributed by atoms with van der Waals surface area (Å²) in [5.41, 5.74) is 0. The van der Waals surface area contributed by atoms with Crippen LogP contribution in [0.15, 0.2) is 0 Å². The van der Waals surface area contributed by atoms with Crippen LogP contribution in [-0.4, -0.2) is 42.7 Å². The quantitative estimate of drug-likeness (QED) is 0.676. The highest BCUT2D eigenvalue weighted by Crippen LogP contribution is 2.16. The van der Waals surface area contributed by atoms with E-state index in [0.29, 0.717) is 12.1 Å². The number of piperidine rings is 1. The van der Waals surface area contributed by atoms with Crippen LogP contribution in [0.4, 0.5) is 4.79 Å². The summed E-state index contributed by atoms with van der Waals surface area (Å²) in [5.74, 6) is 2.35. The molecule has 2 amide bonds. The molecule has 2 aliphatic heterocycles. The Bertz CT molecular complexity index is 203. The molecule has 2 saturated heterocycles. The second kappa shape index (κ2) is 6.35. The van der Waals surface area contributed by atoms with Crippen molar-refractivity contribution < 1.29 is 4.79 Å². The fourth-order valence-corrected chi connectivity index (χ4v) is 3.34. The number of nitrogens with one attached hydrogen (secondary N) is 3. The van der Waals surface area contributed by atoms with Crippen LogP contribution >= 0.6 is 11.8 Å². The van der Waals surface area contributed by atoms with Gasteiger partial charge in [0.25, 0.3) is 0 Å². The molecule has 92 valence electrons. The van der Waals surface area contributed by atoms with Gasteiger partial charge in [-0.1, -0.05) is 0 Å². The standard InChI is InChI=1S/C11H21N3OS/c15-11(13-9-3-6-16-7-4-9)14-10-2-1-5-12-8-10/h9-10,12H,1-8H2,(H2,13,14,15). The Morgan fingerprint density at radius 2 is 1.88 bits per heavy atom. The average Bonchev–Trinajstić information content (AvgIpc) is 2.31. The third kappa shape index (κ3) is 3.87. The molecule has 0 aromatic heterocycles. The van der Waals surface area contributed by atoms with Crippen LogP contribution in [-0.2, 0) is 0 Å². The van der Waals surface area contributed by atoms with Gasteiger partial charge in [-0.3, -0.25) is 0 Å². The summed E-state index contributed by atoms with van der Waals surface area (Å²) in [6.07, 6.45) is 4.48. The van der Waals surface area contributed by atoms with Crippen molar-refractivity contribution >= 4 is 17.8 Å². The fraction of sp³-hybridized carbons (Fsp3) is 0.909. The highest BCUT2D eigenvalue weighted by molar-refractivity contribution is 7.99. The first-order valence-corrected chi connectivity index (χ1v) is 7.35. The predicted molar refractivity (Wildman–Crippen MR) is 67.9 cm³/mol. The molecule has 5 heteroatoms. The number of carbonyl (C=O) groups is 1. The van der Waals surface area contributed by atoms with E-state index in [9.17, 15) is 4.79 Å². The lowest BCUT2D eigenvalue weighted by atomic mass is 10.1. The molecule has 2 rings (SSSR count). The van der Waals surface area contributed by atoms with Crippen molar-refractivity contribution in [3.63, 3.8) is 0 Å². The van der Waals surface area contributed by atoms with Crippen molar-refractivity contribution in [2.75, 3.05) is 24.6 Å². The summed E-state index contributed by atoms with van der Waals surface area (Å²) in [4.78, 5) is 11.7. The molecule has 0 aromatic carbocycles. The van der Waals surface area contributed by atoms with Gasteiger partial charge in [-0.2, -0.15) is 11.8 Å². The molecule has 1 atom stereocenters. The molecule has 1 unspecified atom stereocenters. The first kappa shape index (κ1) is 12.0. The van der Waals surface area contributed by atoms with Gasteiger partial charge >= 0.3 is 6.03 Å². The third-order valence-electron chi connectivity index (χ3n) is 3.19. The Morgan fingerprint density at radius 3 is 2.56 bits per heavy atom. The van der Waals surface area contributed by atoms with Crippen LogP contribution in [0, 0.1) is 0 Å². The maximum Gasteiger partial charge on any atom is 0.315 e. The molecule has 16 heavy (non-hydrogen) atoms. The highest BCUT2D eigenvalue weighted by atomic mass is 32.2. The van der Waals surface area contributed by atoms with Crippen LogP contribution in [0.5, 0.6) is 0 Å². The molecule has 2 heterocycles. The lowest BCUT2D eigenvalue weighted by molar-refractivity contribution is 0.229. The summed E-state index contributed by atoms with van der Waals surface area (Å²) in [6.45, 7) is 1.99. The van der Waals surface area contributed by atoms with Crippen LogP contribution in [0.2, 0.25) is 0 Å². The molecule has 0 bridgehead atoms. The number of hydrogen-bond donors (Lipinski definition) is 3. The number of carbonyl (C=O) groups excluding carboxylic acids is 1. The van der Waals surface area contributed by atoms with E-state index in [1.54, 1.807) is 0 Å². The Balaban J connectivity index is 1.66. The molecule has 0 aromatic rings. The molecule has 0 radical (unpaired) electrons. The lowest BCUT2D eigenvalue weighted by Gasteiger charge is -2.27. The van der Waals surface area contributed by atoms with E-state index in [-0.39, 0.29) is 6.03 Å². The number of rotatable bonds is 2. The normalized spacial score (nSPS) is 27.4. The van der Waals surface area contributed by atoms with Crippen molar-refractivity contribution in [1.82, 2.24) is 16.0 Å². The van der Waals surface area contributed by atoms with E-state index in [1.807, 2.05) is 11.8 Å². The summed E-state index contributed by atoms with van der Waals surface area (Å²) in [5, 5.41) is 9.42. The van der Waals surface area contributed by atoms with Crippen LogP contribution in [0.1, 0.15) is 25.7 Å². The Kier molecular flexibility index (Phi) is 4.78. The van der Waals surface area contributed by atoms with Gasteiger partial charge in [0.1, 0.15) is 0 Å². The summed E-state index contributed by atoms with van der Waals surface area (Å²) < 4.78 is 0. The molecule has 0 spiro atoms. The fourth-order valence-electron chi connectivity index (χ4n) is 2.23. The molecule has 2 aliphatic rings. The number of urea groups is 1. The summed E-state index contributed by atoms with van der Waals surface area (Å²) in [7, 11) is 0. The third-order valence-corrected chi connectivity index (χ3v) is 4.24. The minimum absolute atomic E-state index is 0.0191. The molecule has 0 saturated carbocycles. The second-order valence-electron chi connectivity index (χ2n) is 4.55. The van der Waals surface area contributed by atoms with Crippen molar-refractivity contribution in [2.45, 2.75) is 37.8 Å². The highest BCUT2D eigenvalue weighted by Gasteiger charge is 2.19. The van der Waals surface area contributed by atoms with E-state index >= 15 is 0 Å². The van der Waals surface area contributed by atoms with Crippen molar-refractivity contribution in [1.29, 1.82) is 0 Å². The van der Waals surface area contributed by atoms with Crippen molar-refractivity contribution in [2.24, 2.45) is 0 Å². The molecule has 0 aliphatic carbocycles. The largest absolute Gasteiger partial charge is 0.335 e. The average molecular weight is 243 g/mol. The monoisotopic (exact) mass is 243 g/mol. The van der Waals surface area contributed by atoms with E-state index in [0.717, 1.165) is 38.8 Å². The van der Waals surface area contributed by atoms with Gasteiger partial charge in [0.15, 0.2) is 0 Å². The summed E-state index contributed by atoms with van der Waals surface area (Å²) >= 11 is 1.98. The Hall–Kier alpha value is -0.420. The predicted octanol–water partition coefficient (Wildman–Crippen LogP) is 0.933. The molecule has 4 nitrogen and oxygen atoms in total. The lowest BCUT2D eigenvalue weighted by Crippen LogP contribution is -2.51. The van der Waals surface area contributed by atoms with E-state index < -0.39 is 0 Å². The minimum atomic E-state index is 0.0191. The molecular weight excluding hydrogens is 222 g/mol. The van der Waals surface area contributed by atoms with Gasteiger partial charge in [-0.05, 0) is 43.7 Å². The summed E-state index contributed by atoms with van der Waals surface area (Å²) in [6, 6.07) is 0.718. The maximum absolute atomic E-state index is 11.7. The number of amides is 2. The van der Waals surface area contributed by atoms with Gasteiger partial charge < -0.3 is 16.0 Å². The zero-order chi connectivity index (χ0) is 11.2. The molecule has 2 fully saturated rings. The Morgan fingerprint density at radius 1 is 1.12 bits per heavy atom. The SMILES string of the molecule is O=C(NC1CCSCC1)NC1CCCNC1. The van der Waals surface area contributed by atoms with Crippen LogP contribution < -0.4 is 16.0 Å². The number of hydrogen-bond acceptors (Lipinski definition) is 3. The molecule has 3 N–H and O–H groups in total. The second-order valence-corrected chi connectivity index (χ2v) is 5.77. The minimum Gasteiger partial charge on any atom is -0.335 e. The first-order chi connectivity index (χ1) is 7.84. The number of thioether (sulfide) groups is 1. The van der Waals surface area contributed by atoms with Gasteiger partial charge in [-0.15, -0.1) is 0 Å². The van der Waals surface area contributed by atoms with E-state index in [4.69, 9.17) is 0 Å². The smallest absolute Gasteiger partial charge is 0.315 e. The van der Waals surface area contributed by atoms with Crippen molar-refractivity contribution in [3.05, 3.63) is 0 Å². The van der Waals surface area contributed by atoms with E-state index in [2.05, 4.69) is 16.0 Å². The first-order valence-electron chi connectivity index (χ1n) is 6.20. The molecular formula is C11H21N3OS. The maximum atomic E-state index is 11.7.